The molecule has 0 aliphatic rings. The molecule has 0 heterocycles. The number of nitrogens with one attached hydrogen (secondary N) is 1. The monoisotopic (exact) mass is 281 g/mol. The maximum absolute atomic E-state index is 13.0. The van der Waals surface area contributed by atoms with Crippen molar-refractivity contribution in [3.05, 3.63) is 29.0 Å². The van der Waals surface area contributed by atoms with Crippen LogP contribution in [0, 0.1) is 5.82 Å². The van der Waals surface area contributed by atoms with Crippen LogP contribution in [0.15, 0.2) is 23.1 Å². The molecule has 0 fully saturated rings. The Morgan fingerprint density at radius 2 is 2.06 bits per heavy atom. The van der Waals surface area contributed by atoms with Crippen molar-refractivity contribution in [1.82, 2.24) is 4.72 Å². The summed E-state index contributed by atoms with van der Waals surface area (Å²) >= 11 is 5.68. The van der Waals surface area contributed by atoms with Crippen molar-refractivity contribution in [2.75, 3.05) is 6.54 Å². The minimum absolute atomic E-state index is 0.0744. The molecule has 0 bridgehead atoms. The van der Waals surface area contributed by atoms with Gasteiger partial charge in [-0.2, -0.15) is 0 Å². The summed E-state index contributed by atoms with van der Waals surface area (Å²) in [5.41, 5.74) is -1.20. The second kappa shape index (κ2) is 4.89. The smallest absolute Gasteiger partial charge is 0.242 e. The third-order valence-corrected chi connectivity index (χ3v) is 3.76. The van der Waals surface area contributed by atoms with Crippen LogP contribution in [0.3, 0.4) is 0 Å². The van der Waals surface area contributed by atoms with Crippen molar-refractivity contribution < 1.29 is 17.9 Å². The molecule has 0 amide bonds. The van der Waals surface area contributed by atoms with Crippen LogP contribution in [0.4, 0.5) is 4.39 Å². The van der Waals surface area contributed by atoms with E-state index in [-0.39, 0.29) is 16.5 Å². The van der Waals surface area contributed by atoms with Gasteiger partial charge in [0.05, 0.1) is 10.6 Å². The van der Waals surface area contributed by atoms with Gasteiger partial charge in [-0.1, -0.05) is 11.6 Å². The first-order valence-corrected chi connectivity index (χ1v) is 6.65. The molecule has 2 N–H and O–H groups in total. The van der Waals surface area contributed by atoms with Crippen molar-refractivity contribution >= 4 is 21.6 Å². The van der Waals surface area contributed by atoms with Gasteiger partial charge in [0.1, 0.15) is 10.7 Å². The van der Waals surface area contributed by atoms with Crippen molar-refractivity contribution in [3.63, 3.8) is 0 Å². The van der Waals surface area contributed by atoms with Crippen molar-refractivity contribution in [2.45, 2.75) is 24.3 Å². The van der Waals surface area contributed by atoms with Gasteiger partial charge in [0, 0.05) is 6.54 Å². The van der Waals surface area contributed by atoms with Gasteiger partial charge in [-0.15, -0.1) is 0 Å². The highest BCUT2D eigenvalue weighted by Crippen LogP contribution is 2.22. The van der Waals surface area contributed by atoms with E-state index >= 15 is 0 Å². The normalized spacial score (nSPS) is 12.8. The predicted octanol–water partition coefficient (Wildman–Crippen LogP) is 1.53. The van der Waals surface area contributed by atoms with Crippen LogP contribution in [-0.2, 0) is 10.0 Å². The van der Waals surface area contributed by atoms with Crippen LogP contribution >= 0.6 is 11.6 Å². The molecule has 1 aromatic carbocycles. The summed E-state index contributed by atoms with van der Waals surface area (Å²) in [5.74, 6) is -0.696. The van der Waals surface area contributed by atoms with E-state index in [2.05, 4.69) is 4.72 Å². The van der Waals surface area contributed by atoms with Gasteiger partial charge in [-0.05, 0) is 32.0 Å². The van der Waals surface area contributed by atoms with E-state index in [9.17, 15) is 17.9 Å². The molecule has 1 rings (SSSR count). The molecule has 7 heteroatoms. The Bertz CT molecular complexity index is 511. The minimum atomic E-state index is -3.93. The third-order valence-electron chi connectivity index (χ3n) is 1.88. The van der Waals surface area contributed by atoms with Crippen LogP contribution in [-0.4, -0.2) is 25.7 Å². The molecular formula is C10H13ClFNO3S. The minimum Gasteiger partial charge on any atom is -0.389 e. The van der Waals surface area contributed by atoms with Crippen LogP contribution in [0.2, 0.25) is 5.02 Å². The largest absolute Gasteiger partial charge is 0.389 e. The van der Waals surface area contributed by atoms with E-state index in [1.165, 1.54) is 13.8 Å². The van der Waals surface area contributed by atoms with Gasteiger partial charge in [-0.25, -0.2) is 17.5 Å². The molecule has 0 saturated heterocycles. The molecular weight excluding hydrogens is 269 g/mol. The number of benzene rings is 1. The van der Waals surface area contributed by atoms with E-state index in [1.54, 1.807) is 0 Å². The van der Waals surface area contributed by atoms with Crippen molar-refractivity contribution in [3.8, 4) is 0 Å². The summed E-state index contributed by atoms with van der Waals surface area (Å²) in [6.45, 7) is 2.70. The Hall–Kier alpha value is -0.690. The quantitative estimate of drug-likeness (QED) is 0.879. The number of halogens is 2. The maximum Gasteiger partial charge on any atom is 0.242 e. The summed E-state index contributed by atoms with van der Waals surface area (Å²) in [5, 5.41) is 9.34. The highest BCUT2D eigenvalue weighted by Gasteiger charge is 2.22. The van der Waals surface area contributed by atoms with Crippen molar-refractivity contribution in [2.24, 2.45) is 0 Å². The van der Waals surface area contributed by atoms with E-state index < -0.39 is 21.4 Å². The summed E-state index contributed by atoms with van der Waals surface area (Å²) in [4.78, 5) is -0.344. The van der Waals surface area contributed by atoms with E-state index in [1.807, 2.05) is 0 Å². The van der Waals surface area contributed by atoms with E-state index in [0.717, 1.165) is 18.2 Å². The number of hydrogen-bond acceptors (Lipinski definition) is 3. The molecule has 0 aliphatic carbocycles. The zero-order chi connectivity index (χ0) is 13.3. The second-order valence-electron chi connectivity index (χ2n) is 4.21. The summed E-state index contributed by atoms with van der Waals surface area (Å²) in [7, 11) is -3.93. The highest BCUT2D eigenvalue weighted by atomic mass is 35.5. The maximum atomic E-state index is 13.0. The van der Waals surface area contributed by atoms with E-state index in [0.29, 0.717) is 0 Å². The van der Waals surface area contributed by atoms with Gasteiger partial charge < -0.3 is 5.11 Å². The standard InChI is InChI=1S/C10H13ClFNO3S/c1-10(2,14)6-13-17(15,16)9-5-7(12)3-4-8(9)11/h3-5,13-14H,6H2,1-2H3. The molecule has 0 aromatic heterocycles. The van der Waals surface area contributed by atoms with Gasteiger partial charge in [0.2, 0.25) is 10.0 Å². The molecule has 4 nitrogen and oxygen atoms in total. The summed E-state index contributed by atoms with van der Waals surface area (Å²) in [6.07, 6.45) is 0. The zero-order valence-electron chi connectivity index (χ0n) is 9.37. The lowest BCUT2D eigenvalue weighted by molar-refractivity contribution is 0.0857. The number of aliphatic hydroxyl groups is 1. The molecule has 17 heavy (non-hydrogen) atoms. The zero-order valence-corrected chi connectivity index (χ0v) is 10.9. The lowest BCUT2D eigenvalue weighted by Crippen LogP contribution is -2.38. The Kier molecular flexibility index (Phi) is 4.14. The fourth-order valence-electron chi connectivity index (χ4n) is 1.03. The van der Waals surface area contributed by atoms with Crippen LogP contribution in [0.5, 0.6) is 0 Å². The molecule has 0 spiro atoms. The molecule has 0 aliphatic heterocycles. The van der Waals surface area contributed by atoms with E-state index in [4.69, 9.17) is 11.6 Å². The summed E-state index contributed by atoms with van der Waals surface area (Å²) < 4.78 is 38.7. The SMILES string of the molecule is CC(C)(O)CNS(=O)(=O)c1cc(F)ccc1Cl. The topological polar surface area (TPSA) is 66.4 Å². The Morgan fingerprint density at radius 1 is 1.47 bits per heavy atom. The number of rotatable bonds is 4. The Balaban J connectivity index is 3.02. The lowest BCUT2D eigenvalue weighted by Gasteiger charge is -2.18. The average molecular weight is 282 g/mol. The fourth-order valence-corrected chi connectivity index (χ4v) is 2.75. The third kappa shape index (κ3) is 4.23. The van der Waals surface area contributed by atoms with Crippen LogP contribution < -0.4 is 4.72 Å². The van der Waals surface area contributed by atoms with Crippen LogP contribution in [0.1, 0.15) is 13.8 Å². The fraction of sp³-hybridized carbons (Fsp3) is 0.400. The van der Waals surface area contributed by atoms with Gasteiger partial charge in [0.15, 0.2) is 0 Å². The Morgan fingerprint density at radius 3 is 2.59 bits per heavy atom. The van der Waals surface area contributed by atoms with Crippen molar-refractivity contribution in [1.29, 1.82) is 0 Å². The predicted molar refractivity (Wildman–Crippen MR) is 62.9 cm³/mol. The number of sulfonamides is 1. The lowest BCUT2D eigenvalue weighted by atomic mass is 10.1. The van der Waals surface area contributed by atoms with Gasteiger partial charge in [-0.3, -0.25) is 0 Å². The highest BCUT2D eigenvalue weighted by molar-refractivity contribution is 7.89. The molecule has 0 radical (unpaired) electrons. The van der Waals surface area contributed by atoms with Gasteiger partial charge >= 0.3 is 0 Å². The van der Waals surface area contributed by atoms with Gasteiger partial charge in [0.25, 0.3) is 0 Å². The molecule has 96 valence electrons. The first kappa shape index (κ1) is 14.4. The molecule has 0 saturated carbocycles. The summed E-state index contributed by atoms with van der Waals surface area (Å²) in [6, 6.07) is 3.06. The van der Waals surface area contributed by atoms with Crippen LogP contribution in [0.25, 0.3) is 0 Å². The second-order valence-corrected chi connectivity index (χ2v) is 6.35. The molecule has 1 aromatic rings. The first-order valence-electron chi connectivity index (χ1n) is 4.79. The number of hydrogen-bond donors (Lipinski definition) is 2. The molecule has 0 atom stereocenters. The average Bonchev–Trinajstić information content (AvgIpc) is 2.18. The first-order chi connectivity index (χ1) is 7.62. The molecule has 0 unspecified atom stereocenters. The Labute approximate surface area is 104 Å².